The van der Waals surface area contributed by atoms with Gasteiger partial charge in [0, 0.05) is 13.6 Å². The first kappa shape index (κ1) is 16.0. The van der Waals surface area contributed by atoms with E-state index < -0.39 is 6.10 Å². The first-order valence-electron chi connectivity index (χ1n) is 8.14. The Morgan fingerprint density at radius 1 is 1.22 bits per heavy atom. The zero-order valence-electron chi connectivity index (χ0n) is 13.4. The molecule has 0 amide bonds. The summed E-state index contributed by atoms with van der Waals surface area (Å²) < 4.78 is 6.98. The number of hydrogen-bond donors (Lipinski definition) is 1. The molecule has 1 unspecified atom stereocenters. The standard InChI is InChI=1S/C17H23N3O3/c1-19-17(22)15-8-4-3-7-14(15)16(18-19)23-12-13(21)11-20-9-5-2-6-10-20/h3-4,7-8,13,21H,2,5-6,9-12H2,1H3. The van der Waals surface area contributed by atoms with Crippen molar-refractivity contribution >= 4 is 10.8 Å². The first-order valence-corrected chi connectivity index (χ1v) is 8.14. The maximum absolute atomic E-state index is 12.1. The van der Waals surface area contributed by atoms with Gasteiger partial charge in [-0.15, -0.1) is 5.10 Å². The number of nitrogens with zero attached hydrogens (tertiary/aromatic N) is 3. The number of hydrogen-bond acceptors (Lipinski definition) is 5. The van der Waals surface area contributed by atoms with E-state index in [0.29, 0.717) is 23.2 Å². The molecule has 6 nitrogen and oxygen atoms in total. The number of fused-ring (bicyclic) bond motifs is 1. The molecular formula is C17H23N3O3. The summed E-state index contributed by atoms with van der Waals surface area (Å²) in [4.78, 5) is 14.3. The van der Waals surface area contributed by atoms with Crippen molar-refractivity contribution in [3.05, 3.63) is 34.6 Å². The van der Waals surface area contributed by atoms with Crippen molar-refractivity contribution in [3.63, 3.8) is 0 Å². The summed E-state index contributed by atoms with van der Waals surface area (Å²) in [6.07, 6.45) is 3.10. The number of β-amino-alcohol motifs (C(OH)–C–C–N with tert-alkyl or cyclic N) is 1. The lowest BCUT2D eigenvalue weighted by molar-refractivity contribution is 0.0602. The summed E-state index contributed by atoms with van der Waals surface area (Å²) in [5.74, 6) is 0.389. The number of aliphatic hydroxyl groups is 1. The first-order chi connectivity index (χ1) is 11.1. The van der Waals surface area contributed by atoms with E-state index in [-0.39, 0.29) is 12.2 Å². The molecule has 0 aliphatic carbocycles. The van der Waals surface area contributed by atoms with Crippen LogP contribution in [0.4, 0.5) is 0 Å². The topological polar surface area (TPSA) is 67.6 Å². The highest BCUT2D eigenvalue weighted by atomic mass is 16.5. The normalized spacial score (nSPS) is 17.3. The van der Waals surface area contributed by atoms with Crippen LogP contribution in [-0.2, 0) is 7.05 Å². The van der Waals surface area contributed by atoms with Crippen LogP contribution in [0.1, 0.15) is 19.3 Å². The van der Waals surface area contributed by atoms with E-state index in [1.807, 2.05) is 18.2 Å². The van der Waals surface area contributed by atoms with Crippen LogP contribution in [0, 0.1) is 0 Å². The minimum Gasteiger partial charge on any atom is -0.473 e. The van der Waals surface area contributed by atoms with Gasteiger partial charge in [0.05, 0.1) is 10.8 Å². The van der Waals surface area contributed by atoms with Gasteiger partial charge in [0.15, 0.2) is 0 Å². The van der Waals surface area contributed by atoms with E-state index >= 15 is 0 Å². The molecule has 6 heteroatoms. The highest BCUT2D eigenvalue weighted by molar-refractivity contribution is 5.85. The predicted molar refractivity (Wildman–Crippen MR) is 88.8 cm³/mol. The van der Waals surface area contributed by atoms with E-state index in [1.54, 1.807) is 13.1 Å². The van der Waals surface area contributed by atoms with Crippen LogP contribution < -0.4 is 10.3 Å². The van der Waals surface area contributed by atoms with Gasteiger partial charge in [0.2, 0.25) is 5.88 Å². The van der Waals surface area contributed by atoms with Gasteiger partial charge < -0.3 is 14.7 Å². The van der Waals surface area contributed by atoms with E-state index in [1.165, 1.54) is 23.9 Å². The van der Waals surface area contributed by atoms with Gasteiger partial charge in [-0.05, 0) is 38.1 Å². The third-order valence-electron chi connectivity index (χ3n) is 4.25. The van der Waals surface area contributed by atoms with Gasteiger partial charge >= 0.3 is 0 Å². The number of aromatic nitrogens is 2. The van der Waals surface area contributed by atoms with Gasteiger partial charge in [-0.2, -0.15) is 0 Å². The zero-order chi connectivity index (χ0) is 16.2. The van der Waals surface area contributed by atoms with Crippen molar-refractivity contribution in [2.24, 2.45) is 7.05 Å². The molecule has 0 bridgehead atoms. The van der Waals surface area contributed by atoms with Crippen molar-refractivity contribution < 1.29 is 9.84 Å². The monoisotopic (exact) mass is 317 g/mol. The number of ether oxygens (including phenoxy) is 1. The number of rotatable bonds is 5. The van der Waals surface area contributed by atoms with Crippen molar-refractivity contribution in [2.45, 2.75) is 25.4 Å². The maximum atomic E-state index is 12.1. The molecule has 124 valence electrons. The second-order valence-electron chi connectivity index (χ2n) is 6.11. The highest BCUT2D eigenvalue weighted by Crippen LogP contribution is 2.20. The van der Waals surface area contributed by atoms with Crippen LogP contribution in [0.25, 0.3) is 10.8 Å². The van der Waals surface area contributed by atoms with Gasteiger partial charge in [-0.25, -0.2) is 4.68 Å². The van der Waals surface area contributed by atoms with Gasteiger partial charge in [-0.1, -0.05) is 18.6 Å². The molecule has 23 heavy (non-hydrogen) atoms. The van der Waals surface area contributed by atoms with Crippen molar-refractivity contribution in [2.75, 3.05) is 26.2 Å². The Morgan fingerprint density at radius 2 is 1.91 bits per heavy atom. The summed E-state index contributed by atoms with van der Waals surface area (Å²) in [6, 6.07) is 7.24. The Kier molecular flexibility index (Phi) is 4.93. The Bertz CT molecular complexity index is 723. The molecule has 2 heterocycles. The average molecular weight is 317 g/mol. The fourth-order valence-electron chi connectivity index (χ4n) is 3.04. The molecule has 2 aromatic rings. The lowest BCUT2D eigenvalue weighted by atomic mass is 10.1. The van der Waals surface area contributed by atoms with E-state index in [2.05, 4.69) is 10.00 Å². The quantitative estimate of drug-likeness (QED) is 0.896. The van der Waals surface area contributed by atoms with E-state index in [0.717, 1.165) is 13.1 Å². The molecule has 3 rings (SSSR count). The van der Waals surface area contributed by atoms with Crippen LogP contribution in [0.2, 0.25) is 0 Å². The average Bonchev–Trinajstić information content (AvgIpc) is 2.58. The molecule has 1 aliphatic rings. The second-order valence-corrected chi connectivity index (χ2v) is 6.11. The largest absolute Gasteiger partial charge is 0.473 e. The SMILES string of the molecule is Cn1nc(OCC(O)CN2CCCCC2)c2ccccc2c1=O. The van der Waals surface area contributed by atoms with E-state index in [4.69, 9.17) is 4.74 Å². The Morgan fingerprint density at radius 3 is 2.65 bits per heavy atom. The van der Waals surface area contributed by atoms with Gasteiger partial charge in [0.25, 0.3) is 5.56 Å². The van der Waals surface area contributed by atoms with Crippen molar-refractivity contribution in [1.82, 2.24) is 14.7 Å². The molecule has 1 atom stereocenters. The zero-order valence-corrected chi connectivity index (χ0v) is 13.4. The Labute approximate surface area is 135 Å². The number of likely N-dealkylation sites (tertiary alicyclic amines) is 1. The maximum Gasteiger partial charge on any atom is 0.274 e. The highest BCUT2D eigenvalue weighted by Gasteiger charge is 2.16. The third kappa shape index (κ3) is 3.71. The van der Waals surface area contributed by atoms with Crippen molar-refractivity contribution in [1.29, 1.82) is 0 Å². The number of piperidine rings is 1. The number of benzene rings is 1. The molecular weight excluding hydrogens is 294 g/mol. The van der Waals surface area contributed by atoms with Crippen LogP contribution >= 0.6 is 0 Å². The fourth-order valence-corrected chi connectivity index (χ4v) is 3.04. The Balaban J connectivity index is 1.69. The molecule has 1 aliphatic heterocycles. The van der Waals surface area contributed by atoms with Gasteiger partial charge in [-0.3, -0.25) is 4.79 Å². The molecule has 0 radical (unpaired) electrons. The van der Waals surface area contributed by atoms with Gasteiger partial charge in [0.1, 0.15) is 12.7 Å². The molecule has 1 aromatic heterocycles. The molecule has 1 aromatic carbocycles. The number of aryl methyl sites for hydroxylation is 1. The van der Waals surface area contributed by atoms with Crippen LogP contribution in [0.5, 0.6) is 5.88 Å². The third-order valence-corrected chi connectivity index (χ3v) is 4.25. The van der Waals surface area contributed by atoms with Crippen LogP contribution in [0.3, 0.4) is 0 Å². The molecule has 1 saturated heterocycles. The summed E-state index contributed by atoms with van der Waals surface area (Å²) in [5, 5.41) is 15.6. The molecule has 0 saturated carbocycles. The van der Waals surface area contributed by atoms with Crippen molar-refractivity contribution in [3.8, 4) is 5.88 Å². The molecule has 1 fully saturated rings. The molecule has 0 spiro atoms. The summed E-state index contributed by atoms with van der Waals surface area (Å²) in [7, 11) is 1.60. The van der Waals surface area contributed by atoms with Crippen LogP contribution in [-0.4, -0.2) is 52.1 Å². The smallest absolute Gasteiger partial charge is 0.274 e. The minimum absolute atomic E-state index is 0.151. The minimum atomic E-state index is -0.564. The number of aliphatic hydroxyl groups excluding tert-OH is 1. The Hall–Kier alpha value is -1.92. The van der Waals surface area contributed by atoms with E-state index in [9.17, 15) is 9.90 Å². The second kappa shape index (κ2) is 7.10. The predicted octanol–water partition coefficient (Wildman–Crippen LogP) is 1.16. The summed E-state index contributed by atoms with van der Waals surface area (Å²) in [6.45, 7) is 2.87. The summed E-state index contributed by atoms with van der Waals surface area (Å²) >= 11 is 0. The lowest BCUT2D eigenvalue weighted by Gasteiger charge is -2.28. The fraction of sp³-hybridized carbons (Fsp3) is 0.529. The van der Waals surface area contributed by atoms with Crippen LogP contribution in [0.15, 0.2) is 29.1 Å². The molecule has 1 N–H and O–H groups in total. The summed E-state index contributed by atoms with van der Waals surface area (Å²) in [5.41, 5.74) is -0.151. The lowest BCUT2D eigenvalue weighted by Crippen LogP contribution is -2.38.